The van der Waals surface area contributed by atoms with Crippen LogP contribution in [0.2, 0.25) is 0 Å². The zero-order valence-electron chi connectivity index (χ0n) is 12.1. The summed E-state index contributed by atoms with van der Waals surface area (Å²) >= 11 is 1.79. The quantitative estimate of drug-likeness (QED) is 0.624. The molecule has 1 saturated carbocycles. The normalized spacial score (nSPS) is 23.3. The van der Waals surface area contributed by atoms with Crippen molar-refractivity contribution in [2.24, 2.45) is 5.41 Å². The van der Waals surface area contributed by atoms with E-state index in [1.807, 2.05) is 6.92 Å². The fraction of sp³-hybridized carbons (Fsp3) is 0.786. The lowest BCUT2D eigenvalue weighted by atomic mass is 9.81. The van der Waals surface area contributed by atoms with E-state index in [9.17, 15) is 14.4 Å². The topological polar surface area (TPSA) is 66.5 Å². The van der Waals surface area contributed by atoms with Gasteiger partial charge in [-0.1, -0.05) is 19.8 Å². The van der Waals surface area contributed by atoms with Crippen LogP contribution < -0.4 is 5.32 Å². The van der Waals surface area contributed by atoms with Gasteiger partial charge < -0.3 is 0 Å². The summed E-state index contributed by atoms with van der Waals surface area (Å²) in [7, 11) is 0. The number of barbiturate groups is 1. The van der Waals surface area contributed by atoms with E-state index >= 15 is 0 Å². The molecule has 1 N–H and O–H groups in total. The summed E-state index contributed by atoms with van der Waals surface area (Å²) in [6.07, 6.45) is 3.65. The molecule has 5 nitrogen and oxygen atoms in total. The highest BCUT2D eigenvalue weighted by Gasteiger charge is 2.55. The summed E-state index contributed by atoms with van der Waals surface area (Å²) in [5.74, 6) is 1.26. The van der Waals surface area contributed by atoms with Gasteiger partial charge in [-0.3, -0.25) is 19.8 Å². The van der Waals surface area contributed by atoms with Crippen molar-refractivity contribution in [3.63, 3.8) is 0 Å². The average molecular weight is 298 g/mol. The van der Waals surface area contributed by atoms with E-state index in [0.717, 1.165) is 30.8 Å². The maximum absolute atomic E-state index is 12.7. The second kappa shape index (κ2) is 6.16. The second-order valence-electron chi connectivity index (χ2n) is 5.56. The predicted octanol–water partition coefficient (Wildman–Crippen LogP) is 2.16. The van der Waals surface area contributed by atoms with E-state index < -0.39 is 17.4 Å². The highest BCUT2D eigenvalue weighted by molar-refractivity contribution is 7.99. The van der Waals surface area contributed by atoms with Crippen LogP contribution in [0.15, 0.2) is 0 Å². The minimum Gasteiger partial charge on any atom is -0.277 e. The van der Waals surface area contributed by atoms with Gasteiger partial charge in [0.25, 0.3) is 0 Å². The van der Waals surface area contributed by atoms with Gasteiger partial charge in [0.15, 0.2) is 0 Å². The number of hydrogen-bond donors (Lipinski definition) is 1. The SMILES string of the molecule is CCSCCC(C)N1C(=O)NC(=O)C2(CCCC2)C1=O. The first kappa shape index (κ1) is 15.4. The van der Waals surface area contributed by atoms with Gasteiger partial charge in [-0.2, -0.15) is 11.8 Å². The van der Waals surface area contributed by atoms with Crippen molar-refractivity contribution in [3.8, 4) is 0 Å². The summed E-state index contributed by atoms with van der Waals surface area (Å²) in [4.78, 5) is 38.0. The van der Waals surface area contributed by atoms with Crippen LogP contribution in [0, 0.1) is 5.41 Å². The van der Waals surface area contributed by atoms with Gasteiger partial charge in [0.1, 0.15) is 5.41 Å². The number of thioether (sulfide) groups is 1. The van der Waals surface area contributed by atoms with Crippen molar-refractivity contribution in [3.05, 3.63) is 0 Å². The molecule has 0 aromatic heterocycles. The molecule has 112 valence electrons. The summed E-state index contributed by atoms with van der Waals surface area (Å²) in [5, 5.41) is 2.38. The zero-order chi connectivity index (χ0) is 14.8. The number of amides is 4. The summed E-state index contributed by atoms with van der Waals surface area (Å²) in [5.41, 5.74) is -0.972. The molecule has 4 amide bonds. The third-order valence-corrected chi connectivity index (χ3v) is 5.22. The van der Waals surface area contributed by atoms with Crippen LogP contribution in [0.5, 0.6) is 0 Å². The van der Waals surface area contributed by atoms with Gasteiger partial charge in [-0.05, 0) is 37.7 Å². The molecule has 1 spiro atoms. The fourth-order valence-electron chi connectivity index (χ4n) is 3.04. The van der Waals surface area contributed by atoms with Crippen molar-refractivity contribution < 1.29 is 14.4 Å². The molecule has 1 aliphatic carbocycles. The minimum atomic E-state index is -0.972. The molecular formula is C14H22N2O3S. The molecule has 2 rings (SSSR count). The Bertz CT molecular complexity index is 419. The van der Waals surface area contributed by atoms with Crippen LogP contribution in [-0.2, 0) is 9.59 Å². The van der Waals surface area contributed by atoms with Crippen LogP contribution in [-0.4, -0.2) is 40.3 Å². The first-order chi connectivity index (χ1) is 9.53. The molecule has 2 aliphatic rings. The van der Waals surface area contributed by atoms with Crippen LogP contribution in [0.3, 0.4) is 0 Å². The Morgan fingerprint density at radius 1 is 1.30 bits per heavy atom. The highest BCUT2D eigenvalue weighted by Crippen LogP contribution is 2.42. The van der Waals surface area contributed by atoms with Crippen molar-refractivity contribution in [2.45, 2.75) is 52.0 Å². The van der Waals surface area contributed by atoms with Crippen LogP contribution in [0.1, 0.15) is 46.0 Å². The van der Waals surface area contributed by atoms with E-state index in [-0.39, 0.29) is 11.9 Å². The Hall–Kier alpha value is -1.04. The first-order valence-electron chi connectivity index (χ1n) is 7.29. The van der Waals surface area contributed by atoms with E-state index in [2.05, 4.69) is 12.2 Å². The molecule has 1 aliphatic heterocycles. The number of urea groups is 1. The lowest BCUT2D eigenvalue weighted by molar-refractivity contribution is -0.152. The Balaban J connectivity index is 2.13. The van der Waals surface area contributed by atoms with Crippen LogP contribution in [0.25, 0.3) is 0 Å². The smallest absolute Gasteiger partial charge is 0.277 e. The fourth-order valence-corrected chi connectivity index (χ4v) is 3.84. The number of hydrogen-bond acceptors (Lipinski definition) is 4. The van der Waals surface area contributed by atoms with Crippen molar-refractivity contribution in [2.75, 3.05) is 11.5 Å². The standard InChI is InChI=1S/C14H22N2O3S/c1-3-20-9-6-10(2)16-12(18)14(7-4-5-8-14)11(17)15-13(16)19/h10H,3-9H2,1-2H3,(H,15,17,19). The van der Waals surface area contributed by atoms with Crippen molar-refractivity contribution in [1.82, 2.24) is 10.2 Å². The van der Waals surface area contributed by atoms with Gasteiger partial charge in [-0.25, -0.2) is 4.79 Å². The molecule has 1 heterocycles. The summed E-state index contributed by atoms with van der Waals surface area (Å²) in [6, 6.07) is -0.710. The van der Waals surface area contributed by atoms with Gasteiger partial charge in [0.05, 0.1) is 0 Å². The molecular weight excluding hydrogens is 276 g/mol. The summed E-state index contributed by atoms with van der Waals surface area (Å²) in [6.45, 7) is 3.96. The highest BCUT2D eigenvalue weighted by atomic mass is 32.2. The molecule has 6 heteroatoms. The first-order valence-corrected chi connectivity index (χ1v) is 8.45. The molecule has 1 unspecified atom stereocenters. The minimum absolute atomic E-state index is 0.160. The monoisotopic (exact) mass is 298 g/mol. The Morgan fingerprint density at radius 2 is 1.95 bits per heavy atom. The predicted molar refractivity (Wildman–Crippen MR) is 78.4 cm³/mol. The number of carbonyl (C=O) groups is 3. The summed E-state index contributed by atoms with van der Waals surface area (Å²) < 4.78 is 0. The van der Waals surface area contributed by atoms with E-state index in [0.29, 0.717) is 12.8 Å². The molecule has 0 aromatic carbocycles. The lowest BCUT2D eigenvalue weighted by Crippen LogP contribution is -2.65. The molecule has 0 radical (unpaired) electrons. The van der Waals surface area contributed by atoms with Crippen molar-refractivity contribution >= 4 is 29.6 Å². The number of nitrogens with zero attached hydrogens (tertiary/aromatic N) is 1. The Labute approximate surface area is 123 Å². The van der Waals surface area contributed by atoms with E-state index in [1.54, 1.807) is 11.8 Å². The molecule has 1 saturated heterocycles. The molecule has 20 heavy (non-hydrogen) atoms. The van der Waals surface area contributed by atoms with E-state index in [1.165, 1.54) is 4.90 Å². The molecule has 2 fully saturated rings. The van der Waals surface area contributed by atoms with Gasteiger partial charge in [0, 0.05) is 6.04 Å². The Kier molecular flexibility index (Phi) is 4.73. The average Bonchev–Trinajstić information content (AvgIpc) is 2.88. The molecule has 1 atom stereocenters. The van der Waals surface area contributed by atoms with Gasteiger partial charge >= 0.3 is 6.03 Å². The zero-order valence-corrected chi connectivity index (χ0v) is 12.9. The van der Waals surface area contributed by atoms with Gasteiger partial charge in [0.2, 0.25) is 11.8 Å². The maximum Gasteiger partial charge on any atom is 0.331 e. The number of rotatable bonds is 5. The third kappa shape index (κ3) is 2.57. The maximum atomic E-state index is 12.7. The van der Waals surface area contributed by atoms with E-state index in [4.69, 9.17) is 0 Å². The van der Waals surface area contributed by atoms with Crippen LogP contribution in [0.4, 0.5) is 4.79 Å². The van der Waals surface area contributed by atoms with Crippen LogP contribution >= 0.6 is 11.8 Å². The Morgan fingerprint density at radius 3 is 2.55 bits per heavy atom. The largest absolute Gasteiger partial charge is 0.331 e. The lowest BCUT2D eigenvalue weighted by Gasteiger charge is -2.39. The third-order valence-electron chi connectivity index (χ3n) is 4.28. The van der Waals surface area contributed by atoms with Crippen molar-refractivity contribution in [1.29, 1.82) is 0 Å². The second-order valence-corrected chi connectivity index (χ2v) is 6.95. The number of nitrogens with one attached hydrogen (secondary N) is 1. The number of carbonyl (C=O) groups excluding carboxylic acids is 3. The molecule has 0 aromatic rings. The number of imide groups is 2. The molecule has 0 bridgehead atoms. The van der Waals surface area contributed by atoms with Gasteiger partial charge in [-0.15, -0.1) is 0 Å².